The Kier molecular flexibility index (Phi) is 6.93. The van der Waals surface area contributed by atoms with Crippen molar-refractivity contribution in [1.29, 1.82) is 0 Å². The Balaban J connectivity index is 0.000000861. The number of anilines is 1. The fourth-order valence-electron chi connectivity index (χ4n) is 2.53. The van der Waals surface area contributed by atoms with Gasteiger partial charge in [0.05, 0.1) is 0 Å². The molecule has 1 saturated heterocycles. The van der Waals surface area contributed by atoms with Crippen molar-refractivity contribution in [1.82, 2.24) is 4.90 Å². The van der Waals surface area contributed by atoms with E-state index in [1.54, 1.807) is 0 Å². The zero-order chi connectivity index (χ0) is 14.3. The lowest BCUT2D eigenvalue weighted by molar-refractivity contribution is 0.231. The Morgan fingerprint density at radius 3 is 2.21 bits per heavy atom. The molecule has 2 heteroatoms. The van der Waals surface area contributed by atoms with Gasteiger partial charge in [0.25, 0.3) is 0 Å². The smallest absolute Gasteiger partial charge is 0.0369 e. The van der Waals surface area contributed by atoms with Crippen molar-refractivity contribution in [3.05, 3.63) is 29.8 Å². The molecule has 1 heterocycles. The average molecular weight is 262 g/mol. The largest absolute Gasteiger partial charge is 0.369 e. The molecule has 0 amide bonds. The summed E-state index contributed by atoms with van der Waals surface area (Å²) in [5.74, 6) is 0.778. The lowest BCUT2D eigenvalue weighted by Crippen LogP contribution is -2.47. The first-order valence-electron chi connectivity index (χ1n) is 7.69. The SMILES string of the molecule is CC.Cc1cccc(N2CCN(CC(C)C)CC2)c1. The van der Waals surface area contributed by atoms with Crippen molar-refractivity contribution >= 4 is 5.69 Å². The first-order chi connectivity index (χ1) is 9.15. The fourth-order valence-corrected chi connectivity index (χ4v) is 2.53. The molecule has 0 aromatic heterocycles. The highest BCUT2D eigenvalue weighted by Gasteiger charge is 2.17. The van der Waals surface area contributed by atoms with E-state index < -0.39 is 0 Å². The molecule has 19 heavy (non-hydrogen) atoms. The molecular weight excluding hydrogens is 232 g/mol. The van der Waals surface area contributed by atoms with Crippen LogP contribution in [0.4, 0.5) is 5.69 Å². The van der Waals surface area contributed by atoms with Crippen molar-refractivity contribution in [2.45, 2.75) is 34.6 Å². The summed E-state index contributed by atoms with van der Waals surface area (Å²) in [6.45, 7) is 16.7. The van der Waals surface area contributed by atoms with Gasteiger partial charge in [-0.15, -0.1) is 0 Å². The third kappa shape index (κ3) is 5.23. The summed E-state index contributed by atoms with van der Waals surface area (Å²) in [5, 5.41) is 0. The molecule has 1 aromatic rings. The highest BCUT2D eigenvalue weighted by molar-refractivity contribution is 5.48. The molecule has 0 spiro atoms. The number of hydrogen-bond donors (Lipinski definition) is 0. The number of aryl methyl sites for hydroxylation is 1. The molecule has 0 unspecified atom stereocenters. The van der Waals surface area contributed by atoms with Crippen LogP contribution in [0.25, 0.3) is 0 Å². The molecule has 2 rings (SSSR count). The molecule has 0 N–H and O–H groups in total. The van der Waals surface area contributed by atoms with Gasteiger partial charge in [0.2, 0.25) is 0 Å². The van der Waals surface area contributed by atoms with Gasteiger partial charge in [-0.25, -0.2) is 0 Å². The fraction of sp³-hybridized carbons (Fsp3) is 0.647. The lowest BCUT2D eigenvalue weighted by atomic mass is 10.1. The predicted molar refractivity (Wildman–Crippen MR) is 86.0 cm³/mol. The van der Waals surface area contributed by atoms with Crippen molar-refractivity contribution in [3.63, 3.8) is 0 Å². The van der Waals surface area contributed by atoms with Gasteiger partial charge in [0.15, 0.2) is 0 Å². The average Bonchev–Trinajstić information content (AvgIpc) is 2.41. The quantitative estimate of drug-likeness (QED) is 0.817. The summed E-state index contributed by atoms with van der Waals surface area (Å²) in [6, 6.07) is 8.84. The molecule has 0 aliphatic carbocycles. The van der Waals surface area contributed by atoms with Crippen LogP contribution in [0.5, 0.6) is 0 Å². The maximum Gasteiger partial charge on any atom is 0.0369 e. The van der Waals surface area contributed by atoms with Gasteiger partial charge in [-0.1, -0.05) is 39.8 Å². The summed E-state index contributed by atoms with van der Waals surface area (Å²) in [6.07, 6.45) is 0. The van der Waals surface area contributed by atoms with Gasteiger partial charge in [-0.05, 0) is 30.5 Å². The molecule has 1 aliphatic rings. The van der Waals surface area contributed by atoms with E-state index in [1.807, 2.05) is 13.8 Å². The van der Waals surface area contributed by atoms with Crippen LogP contribution in [-0.4, -0.2) is 37.6 Å². The summed E-state index contributed by atoms with van der Waals surface area (Å²) in [4.78, 5) is 5.08. The molecule has 1 fully saturated rings. The molecule has 1 aliphatic heterocycles. The van der Waals surface area contributed by atoms with Crippen molar-refractivity contribution in [2.24, 2.45) is 5.92 Å². The third-order valence-electron chi connectivity index (χ3n) is 3.36. The van der Waals surface area contributed by atoms with Gasteiger partial charge in [0, 0.05) is 38.4 Å². The second kappa shape index (κ2) is 8.21. The van der Waals surface area contributed by atoms with Crippen molar-refractivity contribution in [2.75, 3.05) is 37.6 Å². The highest BCUT2D eigenvalue weighted by Crippen LogP contribution is 2.18. The normalized spacial score (nSPS) is 16.2. The van der Waals surface area contributed by atoms with Gasteiger partial charge in [-0.3, -0.25) is 4.90 Å². The molecule has 1 aromatic carbocycles. The van der Waals surface area contributed by atoms with Gasteiger partial charge < -0.3 is 4.90 Å². The molecule has 2 nitrogen and oxygen atoms in total. The Labute approximate surface area is 119 Å². The second-order valence-electron chi connectivity index (χ2n) is 5.52. The van der Waals surface area contributed by atoms with Crippen molar-refractivity contribution < 1.29 is 0 Å². The Hall–Kier alpha value is -1.02. The van der Waals surface area contributed by atoms with E-state index in [0.29, 0.717) is 0 Å². The van der Waals surface area contributed by atoms with Crippen LogP contribution in [-0.2, 0) is 0 Å². The van der Waals surface area contributed by atoms with E-state index in [1.165, 1.54) is 30.9 Å². The van der Waals surface area contributed by atoms with E-state index >= 15 is 0 Å². The van der Waals surface area contributed by atoms with E-state index in [2.05, 4.69) is 54.8 Å². The Morgan fingerprint density at radius 1 is 1.05 bits per heavy atom. The summed E-state index contributed by atoms with van der Waals surface area (Å²) >= 11 is 0. The van der Waals surface area contributed by atoms with E-state index in [0.717, 1.165) is 19.0 Å². The molecule has 0 radical (unpaired) electrons. The molecule has 108 valence electrons. The van der Waals surface area contributed by atoms with Crippen molar-refractivity contribution in [3.8, 4) is 0 Å². The van der Waals surface area contributed by atoms with Crippen LogP contribution in [0.2, 0.25) is 0 Å². The number of piperazine rings is 1. The molecule has 0 atom stereocenters. The topological polar surface area (TPSA) is 6.48 Å². The Bertz CT molecular complexity index is 352. The lowest BCUT2D eigenvalue weighted by Gasteiger charge is -2.37. The summed E-state index contributed by atoms with van der Waals surface area (Å²) in [5.41, 5.74) is 2.74. The van der Waals surface area contributed by atoms with Crippen LogP contribution in [0.15, 0.2) is 24.3 Å². The van der Waals surface area contributed by atoms with E-state index in [9.17, 15) is 0 Å². The zero-order valence-electron chi connectivity index (χ0n) is 13.3. The summed E-state index contributed by atoms with van der Waals surface area (Å²) < 4.78 is 0. The minimum absolute atomic E-state index is 0.778. The number of benzene rings is 1. The van der Waals surface area contributed by atoms with Gasteiger partial charge in [0.1, 0.15) is 0 Å². The van der Waals surface area contributed by atoms with Crippen LogP contribution < -0.4 is 4.90 Å². The zero-order valence-corrected chi connectivity index (χ0v) is 13.3. The third-order valence-corrected chi connectivity index (χ3v) is 3.36. The summed E-state index contributed by atoms with van der Waals surface area (Å²) in [7, 11) is 0. The second-order valence-corrected chi connectivity index (χ2v) is 5.52. The maximum atomic E-state index is 2.58. The molecule has 0 saturated carbocycles. The van der Waals surface area contributed by atoms with Crippen LogP contribution >= 0.6 is 0 Å². The number of rotatable bonds is 3. The van der Waals surface area contributed by atoms with Crippen LogP contribution in [0.1, 0.15) is 33.3 Å². The molecule has 0 bridgehead atoms. The minimum atomic E-state index is 0.778. The van der Waals surface area contributed by atoms with E-state index in [-0.39, 0.29) is 0 Å². The molecular formula is C17H30N2. The first-order valence-corrected chi connectivity index (χ1v) is 7.69. The predicted octanol–water partition coefficient (Wildman–Crippen LogP) is 3.80. The van der Waals surface area contributed by atoms with Gasteiger partial charge in [-0.2, -0.15) is 0 Å². The Morgan fingerprint density at radius 2 is 1.68 bits per heavy atom. The standard InChI is InChI=1S/C15H24N2.C2H6/c1-13(2)12-16-7-9-17(10-8-16)15-6-4-5-14(3)11-15;1-2/h4-6,11,13H,7-10,12H2,1-3H3;1-2H3. The number of nitrogens with zero attached hydrogens (tertiary/aromatic N) is 2. The maximum absolute atomic E-state index is 2.58. The van der Waals surface area contributed by atoms with E-state index in [4.69, 9.17) is 0 Å². The van der Waals surface area contributed by atoms with Crippen LogP contribution in [0, 0.1) is 12.8 Å². The van der Waals surface area contributed by atoms with Crippen LogP contribution in [0.3, 0.4) is 0 Å². The first kappa shape index (κ1) is 16.0. The minimum Gasteiger partial charge on any atom is -0.369 e. The van der Waals surface area contributed by atoms with Gasteiger partial charge >= 0.3 is 0 Å². The monoisotopic (exact) mass is 262 g/mol. The highest BCUT2D eigenvalue weighted by atomic mass is 15.3. The number of hydrogen-bond acceptors (Lipinski definition) is 2.